The number of sulfonamides is 1. The molecule has 2 rings (SSSR count). The van der Waals surface area contributed by atoms with Crippen LogP contribution in [-0.4, -0.2) is 8.42 Å². The molecule has 0 saturated heterocycles. The van der Waals surface area contributed by atoms with Gasteiger partial charge in [0, 0.05) is 4.47 Å². The predicted molar refractivity (Wildman–Crippen MR) is 76.1 cm³/mol. The standard InChI is InChI=1S/C13H8BrFN2O2S/c14-9-3-1-4-10(7-9)20(18,19)17-13-6-2-5-12(15)11(13)8-16/h1-7,17H. The molecule has 0 saturated carbocycles. The lowest BCUT2D eigenvalue weighted by Crippen LogP contribution is -2.14. The zero-order chi connectivity index (χ0) is 14.8. The van der Waals surface area contributed by atoms with Gasteiger partial charge in [-0.15, -0.1) is 0 Å². The third kappa shape index (κ3) is 2.98. The zero-order valence-electron chi connectivity index (χ0n) is 9.97. The molecule has 1 N–H and O–H groups in total. The minimum absolute atomic E-state index is 0.0139. The summed E-state index contributed by atoms with van der Waals surface area (Å²) in [4.78, 5) is 0.0139. The van der Waals surface area contributed by atoms with Gasteiger partial charge in [-0.05, 0) is 30.3 Å². The Labute approximate surface area is 124 Å². The van der Waals surface area contributed by atoms with E-state index in [4.69, 9.17) is 5.26 Å². The average Bonchev–Trinajstić information content (AvgIpc) is 2.38. The van der Waals surface area contributed by atoms with Crippen molar-refractivity contribution < 1.29 is 12.8 Å². The molecule has 0 spiro atoms. The van der Waals surface area contributed by atoms with E-state index in [1.807, 2.05) is 0 Å². The van der Waals surface area contributed by atoms with Gasteiger partial charge in [0.05, 0.1) is 10.6 Å². The number of nitrogens with one attached hydrogen (secondary N) is 1. The molecule has 0 aliphatic heterocycles. The van der Waals surface area contributed by atoms with Crippen LogP contribution in [0.3, 0.4) is 0 Å². The maximum absolute atomic E-state index is 13.4. The molecule has 0 atom stereocenters. The summed E-state index contributed by atoms with van der Waals surface area (Å²) in [7, 11) is -3.88. The zero-order valence-corrected chi connectivity index (χ0v) is 12.4. The van der Waals surface area contributed by atoms with Crippen molar-refractivity contribution >= 4 is 31.6 Å². The van der Waals surface area contributed by atoms with Gasteiger partial charge in [-0.2, -0.15) is 5.26 Å². The molecule has 0 heterocycles. The summed E-state index contributed by atoms with van der Waals surface area (Å²) in [6, 6.07) is 11.4. The molecular formula is C13H8BrFN2O2S. The summed E-state index contributed by atoms with van der Waals surface area (Å²) >= 11 is 3.18. The molecule has 2 aromatic rings. The second-order valence-electron chi connectivity index (χ2n) is 3.84. The summed E-state index contributed by atoms with van der Waals surface area (Å²) in [5.41, 5.74) is -0.432. The van der Waals surface area contributed by atoms with E-state index >= 15 is 0 Å². The fourth-order valence-corrected chi connectivity index (χ4v) is 3.23. The highest BCUT2D eigenvalue weighted by molar-refractivity contribution is 9.10. The van der Waals surface area contributed by atoms with E-state index in [1.165, 1.54) is 24.3 Å². The third-order valence-corrected chi connectivity index (χ3v) is 4.33. The highest BCUT2D eigenvalue weighted by Gasteiger charge is 2.17. The Hall–Kier alpha value is -1.91. The van der Waals surface area contributed by atoms with Gasteiger partial charge in [0.15, 0.2) is 0 Å². The van der Waals surface area contributed by atoms with E-state index in [0.29, 0.717) is 4.47 Å². The third-order valence-electron chi connectivity index (χ3n) is 2.48. The van der Waals surface area contributed by atoms with Crippen molar-refractivity contribution in [2.45, 2.75) is 4.90 Å². The highest BCUT2D eigenvalue weighted by Crippen LogP contribution is 2.23. The average molecular weight is 355 g/mol. The van der Waals surface area contributed by atoms with Crippen LogP contribution >= 0.6 is 15.9 Å². The summed E-state index contributed by atoms with van der Waals surface area (Å²) in [5, 5.41) is 8.88. The minimum Gasteiger partial charge on any atom is -0.278 e. The van der Waals surface area contributed by atoms with Gasteiger partial charge in [-0.3, -0.25) is 4.72 Å². The Morgan fingerprint density at radius 1 is 1.20 bits per heavy atom. The molecule has 0 fully saturated rings. The molecular weight excluding hydrogens is 347 g/mol. The molecule has 0 bridgehead atoms. The van der Waals surface area contributed by atoms with E-state index in [0.717, 1.165) is 6.07 Å². The second-order valence-corrected chi connectivity index (χ2v) is 6.44. The lowest BCUT2D eigenvalue weighted by Gasteiger charge is -2.10. The van der Waals surface area contributed by atoms with Crippen LogP contribution in [0.25, 0.3) is 0 Å². The Balaban J connectivity index is 2.45. The Bertz CT molecular complexity index is 800. The Morgan fingerprint density at radius 3 is 2.55 bits per heavy atom. The Kier molecular flexibility index (Phi) is 4.06. The van der Waals surface area contributed by atoms with Crippen LogP contribution in [0, 0.1) is 17.1 Å². The molecule has 0 aliphatic rings. The fraction of sp³-hybridized carbons (Fsp3) is 0. The maximum Gasteiger partial charge on any atom is 0.261 e. The van der Waals surface area contributed by atoms with Crippen LogP contribution in [-0.2, 0) is 10.0 Å². The molecule has 0 radical (unpaired) electrons. The van der Waals surface area contributed by atoms with E-state index < -0.39 is 15.8 Å². The SMILES string of the molecule is N#Cc1c(F)cccc1NS(=O)(=O)c1cccc(Br)c1. The van der Waals surface area contributed by atoms with E-state index in [1.54, 1.807) is 18.2 Å². The lowest BCUT2D eigenvalue weighted by molar-refractivity contribution is 0.601. The minimum atomic E-state index is -3.88. The quantitative estimate of drug-likeness (QED) is 0.919. The van der Waals surface area contributed by atoms with Crippen molar-refractivity contribution in [3.05, 3.63) is 58.3 Å². The van der Waals surface area contributed by atoms with E-state index in [9.17, 15) is 12.8 Å². The van der Waals surface area contributed by atoms with Crippen molar-refractivity contribution in [3.8, 4) is 6.07 Å². The van der Waals surface area contributed by atoms with Gasteiger partial charge in [0.2, 0.25) is 0 Å². The van der Waals surface area contributed by atoms with Gasteiger partial charge >= 0.3 is 0 Å². The van der Waals surface area contributed by atoms with Crippen LogP contribution in [0.4, 0.5) is 10.1 Å². The Morgan fingerprint density at radius 2 is 1.90 bits per heavy atom. The van der Waals surface area contributed by atoms with Crippen molar-refractivity contribution in [3.63, 3.8) is 0 Å². The smallest absolute Gasteiger partial charge is 0.261 e. The topological polar surface area (TPSA) is 70.0 Å². The van der Waals surface area contributed by atoms with Gasteiger partial charge in [0.25, 0.3) is 10.0 Å². The molecule has 0 aromatic heterocycles. The molecule has 4 nitrogen and oxygen atoms in total. The van der Waals surface area contributed by atoms with Gasteiger partial charge in [-0.1, -0.05) is 28.1 Å². The van der Waals surface area contributed by atoms with Crippen LogP contribution in [0.5, 0.6) is 0 Å². The van der Waals surface area contributed by atoms with Gasteiger partial charge < -0.3 is 0 Å². The number of hydrogen-bond acceptors (Lipinski definition) is 3. The summed E-state index contributed by atoms with van der Waals surface area (Å²) in [6.45, 7) is 0. The van der Waals surface area contributed by atoms with Crippen LogP contribution in [0.1, 0.15) is 5.56 Å². The number of hydrogen-bond donors (Lipinski definition) is 1. The first kappa shape index (κ1) is 14.5. The molecule has 7 heteroatoms. The normalized spacial score (nSPS) is 10.8. The summed E-state index contributed by atoms with van der Waals surface area (Å²) in [5.74, 6) is -0.776. The molecule has 0 unspecified atom stereocenters. The van der Waals surface area contributed by atoms with Gasteiger partial charge in [-0.25, -0.2) is 12.8 Å². The van der Waals surface area contributed by atoms with Gasteiger partial charge in [0.1, 0.15) is 17.4 Å². The fourth-order valence-electron chi connectivity index (χ4n) is 1.56. The predicted octanol–water partition coefficient (Wildman–Crippen LogP) is 3.26. The summed E-state index contributed by atoms with van der Waals surface area (Å²) in [6.07, 6.45) is 0. The van der Waals surface area contributed by atoms with Crippen molar-refractivity contribution in [2.24, 2.45) is 0 Å². The first-order chi connectivity index (χ1) is 9.44. The maximum atomic E-state index is 13.4. The number of rotatable bonds is 3. The number of nitriles is 1. The first-order valence-electron chi connectivity index (χ1n) is 5.41. The number of benzene rings is 2. The van der Waals surface area contributed by atoms with E-state index in [2.05, 4.69) is 20.7 Å². The largest absolute Gasteiger partial charge is 0.278 e. The molecule has 2 aromatic carbocycles. The molecule has 0 aliphatic carbocycles. The summed E-state index contributed by atoms with van der Waals surface area (Å²) < 4.78 is 40.6. The number of anilines is 1. The van der Waals surface area contributed by atoms with Crippen molar-refractivity contribution in [2.75, 3.05) is 4.72 Å². The number of nitrogens with zero attached hydrogens (tertiary/aromatic N) is 1. The number of halogens is 2. The second kappa shape index (κ2) is 5.61. The molecule has 0 amide bonds. The van der Waals surface area contributed by atoms with Crippen LogP contribution in [0.15, 0.2) is 51.8 Å². The first-order valence-corrected chi connectivity index (χ1v) is 7.68. The van der Waals surface area contributed by atoms with Crippen molar-refractivity contribution in [1.29, 1.82) is 5.26 Å². The van der Waals surface area contributed by atoms with Crippen molar-refractivity contribution in [1.82, 2.24) is 0 Å². The van der Waals surface area contributed by atoms with Crippen LogP contribution < -0.4 is 4.72 Å². The monoisotopic (exact) mass is 354 g/mol. The molecule has 102 valence electrons. The molecule has 20 heavy (non-hydrogen) atoms. The van der Waals surface area contributed by atoms with E-state index in [-0.39, 0.29) is 16.1 Å². The highest BCUT2D eigenvalue weighted by atomic mass is 79.9. The lowest BCUT2D eigenvalue weighted by atomic mass is 10.2. The van der Waals surface area contributed by atoms with Crippen LogP contribution in [0.2, 0.25) is 0 Å².